The number of amides is 1. The second-order valence-electron chi connectivity index (χ2n) is 6.66. The van der Waals surface area contributed by atoms with E-state index in [1.807, 2.05) is 21.7 Å². The van der Waals surface area contributed by atoms with Crippen molar-refractivity contribution in [3.63, 3.8) is 0 Å². The number of hydrogen-bond donors (Lipinski definition) is 1. The van der Waals surface area contributed by atoms with Gasteiger partial charge in [0.15, 0.2) is 0 Å². The molecule has 1 unspecified atom stereocenters. The Labute approximate surface area is 141 Å². The monoisotopic (exact) mass is 377 g/mol. The number of carbonyl (C=O) groups excluding carboxylic acids is 1. The van der Waals surface area contributed by atoms with Gasteiger partial charge in [-0.2, -0.15) is 0 Å². The topological polar surface area (TPSA) is 51.3 Å². The van der Waals surface area contributed by atoms with Crippen molar-refractivity contribution in [1.82, 2.24) is 9.47 Å². The van der Waals surface area contributed by atoms with E-state index in [0.717, 1.165) is 23.1 Å². The maximum absolute atomic E-state index is 12.8. The van der Waals surface area contributed by atoms with Gasteiger partial charge in [0.1, 0.15) is 5.69 Å². The van der Waals surface area contributed by atoms with E-state index in [9.17, 15) is 4.79 Å². The van der Waals surface area contributed by atoms with E-state index >= 15 is 0 Å². The van der Waals surface area contributed by atoms with E-state index in [0.29, 0.717) is 6.54 Å². The molecule has 1 aromatic heterocycles. The molecule has 0 radical (unpaired) electrons. The highest BCUT2D eigenvalue weighted by atomic mass is 79.9. The van der Waals surface area contributed by atoms with E-state index in [1.165, 1.54) is 0 Å². The first-order chi connectivity index (χ1) is 9.22. The maximum Gasteiger partial charge on any atom is 0.270 e. The quantitative estimate of drug-likeness (QED) is 0.857. The molecule has 21 heavy (non-hydrogen) atoms. The molecule has 1 aliphatic heterocycles. The molecular formula is C15H25BrClN3O. The van der Waals surface area contributed by atoms with E-state index in [-0.39, 0.29) is 35.8 Å². The van der Waals surface area contributed by atoms with Crippen LogP contribution in [0.4, 0.5) is 0 Å². The second-order valence-corrected chi connectivity index (χ2v) is 7.57. The van der Waals surface area contributed by atoms with E-state index in [4.69, 9.17) is 5.73 Å². The Hall–Kier alpha value is -0.520. The summed E-state index contributed by atoms with van der Waals surface area (Å²) in [6.45, 7) is 9.89. The number of halogens is 2. The first kappa shape index (κ1) is 18.5. The number of rotatable bonds is 2. The van der Waals surface area contributed by atoms with Crippen molar-refractivity contribution in [3.8, 4) is 0 Å². The van der Waals surface area contributed by atoms with Gasteiger partial charge in [-0.3, -0.25) is 4.79 Å². The molecule has 2 rings (SSSR count). The Morgan fingerprint density at radius 2 is 2.10 bits per heavy atom. The largest absolute Gasteiger partial charge is 0.340 e. The van der Waals surface area contributed by atoms with Gasteiger partial charge in [-0.15, -0.1) is 12.4 Å². The minimum atomic E-state index is -0.0274. The summed E-state index contributed by atoms with van der Waals surface area (Å²) >= 11 is 3.46. The predicted molar refractivity (Wildman–Crippen MR) is 92.0 cm³/mol. The van der Waals surface area contributed by atoms with Crippen molar-refractivity contribution < 1.29 is 4.79 Å². The van der Waals surface area contributed by atoms with Crippen LogP contribution >= 0.6 is 28.3 Å². The van der Waals surface area contributed by atoms with Gasteiger partial charge in [-0.25, -0.2) is 0 Å². The molecule has 2 heterocycles. The molecule has 1 amide bonds. The summed E-state index contributed by atoms with van der Waals surface area (Å²) in [4.78, 5) is 14.7. The molecule has 4 nitrogen and oxygen atoms in total. The van der Waals surface area contributed by atoms with Crippen molar-refractivity contribution >= 4 is 34.2 Å². The zero-order valence-electron chi connectivity index (χ0n) is 13.1. The van der Waals surface area contributed by atoms with Crippen LogP contribution in [0, 0.1) is 5.41 Å². The SMILES string of the molecule is CC(C)n1cc(Br)cc1C(=O)N1CCC(N)C(C)(C)C1.Cl. The number of nitrogens with zero attached hydrogens (tertiary/aromatic N) is 2. The minimum absolute atomic E-state index is 0. The third-order valence-corrected chi connectivity index (χ3v) is 4.62. The highest BCUT2D eigenvalue weighted by molar-refractivity contribution is 9.10. The van der Waals surface area contributed by atoms with Gasteiger partial charge < -0.3 is 15.2 Å². The molecule has 1 aromatic rings. The van der Waals surface area contributed by atoms with Crippen molar-refractivity contribution in [2.45, 2.75) is 46.2 Å². The lowest BCUT2D eigenvalue weighted by Gasteiger charge is -2.42. The van der Waals surface area contributed by atoms with Gasteiger partial charge in [-0.05, 0) is 47.7 Å². The lowest BCUT2D eigenvalue weighted by molar-refractivity contribution is 0.0521. The highest BCUT2D eigenvalue weighted by Crippen LogP contribution is 2.29. The molecule has 120 valence electrons. The van der Waals surface area contributed by atoms with Gasteiger partial charge in [0.25, 0.3) is 5.91 Å². The van der Waals surface area contributed by atoms with E-state index in [2.05, 4.69) is 43.6 Å². The highest BCUT2D eigenvalue weighted by Gasteiger charge is 2.36. The lowest BCUT2D eigenvalue weighted by Crippen LogP contribution is -2.54. The van der Waals surface area contributed by atoms with Crippen LogP contribution in [0.3, 0.4) is 0 Å². The van der Waals surface area contributed by atoms with Crippen LogP contribution in [0.2, 0.25) is 0 Å². The molecule has 0 spiro atoms. The third-order valence-electron chi connectivity index (χ3n) is 4.19. The van der Waals surface area contributed by atoms with Crippen LogP contribution in [0.1, 0.15) is 50.6 Å². The number of hydrogen-bond acceptors (Lipinski definition) is 2. The predicted octanol–water partition coefficient (Wildman–Crippen LogP) is 3.45. The van der Waals surface area contributed by atoms with Gasteiger partial charge >= 0.3 is 0 Å². The van der Waals surface area contributed by atoms with Crippen molar-refractivity contribution in [2.24, 2.45) is 11.1 Å². The zero-order valence-corrected chi connectivity index (χ0v) is 15.5. The molecule has 1 atom stereocenters. The first-order valence-corrected chi connectivity index (χ1v) is 7.94. The Kier molecular flexibility index (Phi) is 5.92. The fourth-order valence-corrected chi connectivity index (χ4v) is 3.19. The van der Waals surface area contributed by atoms with Crippen LogP contribution < -0.4 is 5.73 Å². The average Bonchev–Trinajstić information content (AvgIpc) is 2.74. The summed E-state index contributed by atoms with van der Waals surface area (Å²) < 4.78 is 2.97. The normalized spacial score (nSPS) is 21.3. The number of aromatic nitrogens is 1. The molecule has 1 aliphatic rings. The summed E-state index contributed by atoms with van der Waals surface area (Å²) in [6.07, 6.45) is 2.83. The average molecular weight is 379 g/mol. The van der Waals surface area contributed by atoms with Crippen molar-refractivity contribution in [2.75, 3.05) is 13.1 Å². The fourth-order valence-electron chi connectivity index (χ4n) is 2.75. The zero-order chi connectivity index (χ0) is 15.1. The summed E-state index contributed by atoms with van der Waals surface area (Å²) in [5.74, 6) is 0.101. The van der Waals surface area contributed by atoms with E-state index < -0.39 is 0 Å². The Morgan fingerprint density at radius 3 is 2.62 bits per heavy atom. The Morgan fingerprint density at radius 1 is 1.48 bits per heavy atom. The van der Waals surface area contributed by atoms with Gasteiger partial charge in [0.2, 0.25) is 0 Å². The summed E-state index contributed by atoms with van der Waals surface area (Å²) in [5.41, 5.74) is 6.87. The Bertz CT molecular complexity index is 513. The fraction of sp³-hybridized carbons (Fsp3) is 0.667. The second kappa shape index (κ2) is 6.71. The standard InChI is InChI=1S/C15H24BrN3O.ClH/c1-10(2)19-8-11(16)7-12(19)14(20)18-6-5-13(17)15(3,4)9-18;/h7-8,10,13H,5-6,9,17H2,1-4H3;1H. The molecular weight excluding hydrogens is 354 g/mol. The van der Waals surface area contributed by atoms with Crippen molar-refractivity contribution in [1.29, 1.82) is 0 Å². The molecule has 1 fully saturated rings. The number of piperidine rings is 1. The molecule has 0 saturated carbocycles. The molecule has 2 N–H and O–H groups in total. The van der Waals surface area contributed by atoms with E-state index in [1.54, 1.807) is 0 Å². The van der Waals surface area contributed by atoms with Crippen LogP contribution in [0.25, 0.3) is 0 Å². The maximum atomic E-state index is 12.8. The molecule has 6 heteroatoms. The van der Waals surface area contributed by atoms with Gasteiger partial charge in [0.05, 0.1) is 0 Å². The lowest BCUT2D eigenvalue weighted by atomic mass is 9.79. The number of nitrogens with two attached hydrogens (primary N) is 1. The summed E-state index contributed by atoms with van der Waals surface area (Å²) in [7, 11) is 0. The smallest absolute Gasteiger partial charge is 0.270 e. The van der Waals surface area contributed by atoms with Gasteiger partial charge in [0, 0.05) is 35.8 Å². The van der Waals surface area contributed by atoms with Crippen LogP contribution in [-0.4, -0.2) is 34.5 Å². The summed E-state index contributed by atoms with van der Waals surface area (Å²) in [5, 5.41) is 0. The number of likely N-dealkylation sites (tertiary alicyclic amines) is 1. The molecule has 0 bridgehead atoms. The Balaban J connectivity index is 0.00000220. The first-order valence-electron chi connectivity index (χ1n) is 7.14. The minimum Gasteiger partial charge on any atom is -0.340 e. The molecule has 0 aliphatic carbocycles. The molecule has 1 saturated heterocycles. The van der Waals surface area contributed by atoms with Crippen LogP contribution in [-0.2, 0) is 0 Å². The summed E-state index contributed by atoms with van der Waals surface area (Å²) in [6, 6.07) is 2.33. The van der Waals surface area contributed by atoms with Gasteiger partial charge in [-0.1, -0.05) is 13.8 Å². The van der Waals surface area contributed by atoms with Crippen LogP contribution in [0.15, 0.2) is 16.7 Å². The van der Waals surface area contributed by atoms with Crippen LogP contribution in [0.5, 0.6) is 0 Å². The number of carbonyl (C=O) groups is 1. The van der Waals surface area contributed by atoms with Crippen molar-refractivity contribution in [3.05, 3.63) is 22.4 Å². The third kappa shape index (κ3) is 3.82. The molecule has 0 aromatic carbocycles.